The molecule has 4 N–H and O–H groups in total. The molecule has 0 radical (unpaired) electrons. The Balaban J connectivity index is 0.000000579. The van der Waals surface area contributed by atoms with Gasteiger partial charge in [0.15, 0.2) is 5.69 Å². The highest BCUT2D eigenvalue weighted by Crippen LogP contribution is 2.45. The fourth-order valence-corrected chi connectivity index (χ4v) is 8.10. The zero-order chi connectivity index (χ0) is 49.5. The van der Waals surface area contributed by atoms with Crippen molar-refractivity contribution >= 4 is 68.8 Å². The van der Waals surface area contributed by atoms with Gasteiger partial charge in [0.2, 0.25) is 27.9 Å². The van der Waals surface area contributed by atoms with E-state index >= 15 is 0 Å². The lowest BCUT2D eigenvalue weighted by molar-refractivity contribution is -0.384. The number of benzene rings is 2. The second-order valence-electron chi connectivity index (χ2n) is 17.5. The first-order chi connectivity index (χ1) is 30.7. The van der Waals surface area contributed by atoms with Crippen LogP contribution in [0.3, 0.4) is 0 Å². The number of carbonyl (C=O) groups excluding carboxylic acids is 6. The molecule has 2 saturated carbocycles. The van der Waals surface area contributed by atoms with Crippen molar-refractivity contribution in [2.75, 3.05) is 26.1 Å². The quantitative estimate of drug-likeness (QED) is 0.0636. The highest BCUT2D eigenvalue weighted by atomic mass is 32.2. The zero-order valence-corrected chi connectivity index (χ0v) is 38.2. The van der Waals surface area contributed by atoms with Crippen molar-refractivity contribution in [2.24, 2.45) is 16.3 Å². The Morgan fingerprint density at radius 2 is 1.55 bits per heavy atom. The van der Waals surface area contributed by atoms with Crippen molar-refractivity contribution in [3.05, 3.63) is 69.3 Å². The molecule has 3 fully saturated rings. The van der Waals surface area contributed by atoms with E-state index in [1.165, 1.54) is 56.7 Å². The number of methoxy groups -OCH3 is 2. The number of hydrogen-bond acceptors (Lipinski definition) is 17. The lowest BCUT2D eigenvalue weighted by Gasteiger charge is -2.36. The minimum absolute atomic E-state index is 0.0363. The Morgan fingerprint density at radius 1 is 0.955 bits per heavy atom. The lowest BCUT2D eigenvalue weighted by Crippen LogP contribution is -2.60. The number of isocyanates is 1. The molecule has 1 saturated heterocycles. The summed E-state index contributed by atoms with van der Waals surface area (Å²) in [6.45, 7) is 13.3. The van der Waals surface area contributed by atoms with Gasteiger partial charge < -0.3 is 34.5 Å². The van der Waals surface area contributed by atoms with Crippen LogP contribution in [-0.2, 0) is 38.7 Å². The summed E-state index contributed by atoms with van der Waals surface area (Å²) in [5, 5.41) is 29.0. The Morgan fingerprint density at radius 3 is 2.05 bits per heavy atom. The summed E-state index contributed by atoms with van der Waals surface area (Å²) in [7, 11) is -1.26. The summed E-state index contributed by atoms with van der Waals surface area (Å²) in [6, 6.07) is 5.10. The maximum atomic E-state index is 14.3. The number of likely N-dealkylation sites (tertiary alicyclic amines) is 1. The molecule has 0 aromatic heterocycles. The van der Waals surface area contributed by atoms with Crippen LogP contribution in [-0.4, -0.2) is 114 Å². The first-order valence-electron chi connectivity index (χ1n) is 20.2. The van der Waals surface area contributed by atoms with E-state index in [2.05, 4.69) is 32.2 Å². The molecule has 24 nitrogen and oxygen atoms in total. The third-order valence-electron chi connectivity index (χ3n) is 10.3. The van der Waals surface area contributed by atoms with Crippen LogP contribution in [0, 0.1) is 31.6 Å². The van der Waals surface area contributed by atoms with Crippen molar-refractivity contribution in [3.63, 3.8) is 0 Å². The molecule has 25 heteroatoms. The van der Waals surface area contributed by atoms with Crippen LogP contribution in [0.4, 0.5) is 32.3 Å². The van der Waals surface area contributed by atoms with E-state index in [1.54, 1.807) is 41.5 Å². The molecule has 5 amide bonds. The van der Waals surface area contributed by atoms with E-state index in [0.29, 0.717) is 18.6 Å². The first kappa shape index (κ1) is 51.5. The van der Waals surface area contributed by atoms with Crippen molar-refractivity contribution in [1.29, 1.82) is 0 Å². The van der Waals surface area contributed by atoms with Crippen LogP contribution in [0.2, 0.25) is 0 Å². The van der Waals surface area contributed by atoms with Crippen molar-refractivity contribution in [2.45, 2.75) is 102 Å². The van der Waals surface area contributed by atoms with Gasteiger partial charge in [-0.2, -0.15) is 4.99 Å². The second-order valence-corrected chi connectivity index (χ2v) is 19.4. The van der Waals surface area contributed by atoms with Gasteiger partial charge in [-0.1, -0.05) is 26.8 Å². The third kappa shape index (κ3) is 13.0. The number of nitrogens with zero attached hydrogens (tertiary/aromatic N) is 4. The molecular weight excluding hydrogens is 893 g/mol. The van der Waals surface area contributed by atoms with E-state index in [0.717, 1.165) is 11.0 Å². The van der Waals surface area contributed by atoms with E-state index in [1.807, 2.05) is 0 Å². The standard InChI is InChI=1S/C33H46N6O12S.C8H6N2O4/c1-9-18-16-33(18,28(42)37-52(47,48)21-11-12-21)36-26(40)24-15-20(50-29(43)34-22-13-10-19(49-8)14-23(22)39(45)46)17-38(24)27(41)25(31(2,3)4)35-30(44)51-32(5,6)7;1-14-6-2-3-7(9-5-11)8(4-6)10(12)13/h9-10,13-14,18,20-21,24-25H,1,11-12,15-17H2,2-8H3,(H,34,43)(H,35,44)(H,36,40)(H,37,42);2-4H,1H3/t18?,20-,24+,25-,33-;/m1./s1. The number of alkyl carbamates (subject to hydrolysis) is 1. The van der Waals surface area contributed by atoms with Crippen molar-refractivity contribution in [3.8, 4) is 11.5 Å². The first-order valence-corrected chi connectivity index (χ1v) is 21.8. The molecule has 1 aliphatic heterocycles. The number of sulfonamides is 1. The van der Waals surface area contributed by atoms with Crippen molar-refractivity contribution in [1.82, 2.24) is 20.3 Å². The minimum atomic E-state index is -3.97. The maximum absolute atomic E-state index is 14.3. The van der Waals surface area contributed by atoms with E-state index < -0.39 is 101 Å². The number of nitro benzene ring substituents is 2. The SMILES string of the molecule is C=CC1C[C@]1(NC(=O)[C@@H]1C[C@@H](OC(=O)Nc2ccc(OC)cc2[N+](=O)[O-])CN1C(=O)[C@@H](NC(=O)OC(C)(C)C)C(C)(C)C)C(=O)NS(=O)(=O)C1CC1.COc1ccc(N=C=O)c([N+](=O)[O-])c1. The van der Waals surface area contributed by atoms with Crippen LogP contribution in [0.1, 0.15) is 67.2 Å². The zero-order valence-electron chi connectivity index (χ0n) is 37.4. The number of amides is 5. The smallest absolute Gasteiger partial charge is 0.412 e. The third-order valence-corrected chi connectivity index (χ3v) is 12.1. The summed E-state index contributed by atoms with van der Waals surface area (Å²) in [6.07, 6.45) is 0.0617. The highest BCUT2D eigenvalue weighted by molar-refractivity contribution is 7.91. The number of ether oxygens (including phenoxy) is 4. The normalized spacial score (nSPS) is 20.3. The Labute approximate surface area is 379 Å². The summed E-state index contributed by atoms with van der Waals surface area (Å²) < 4.78 is 48.0. The molecule has 5 rings (SSSR count). The van der Waals surface area contributed by atoms with Gasteiger partial charge in [0.25, 0.3) is 17.3 Å². The number of carbonyl (C=O) groups is 5. The number of aliphatic imine (C=N–C) groups is 1. The molecule has 1 heterocycles. The average Bonchev–Trinajstić information content (AvgIpc) is 4.16. The predicted octanol–water partition coefficient (Wildman–Crippen LogP) is 4.30. The number of hydrogen-bond donors (Lipinski definition) is 4. The lowest BCUT2D eigenvalue weighted by atomic mass is 9.85. The molecule has 3 aliphatic rings. The van der Waals surface area contributed by atoms with Gasteiger partial charge in [-0.05, 0) is 69.7 Å². The Bertz CT molecular complexity index is 2420. The van der Waals surface area contributed by atoms with Crippen LogP contribution in [0.5, 0.6) is 11.5 Å². The largest absolute Gasteiger partial charge is 0.496 e. The molecule has 0 spiro atoms. The molecule has 1 unspecified atom stereocenters. The highest BCUT2D eigenvalue weighted by Gasteiger charge is 2.62. The summed E-state index contributed by atoms with van der Waals surface area (Å²) in [4.78, 5) is 103. The summed E-state index contributed by atoms with van der Waals surface area (Å²) in [5.74, 6) is -2.64. The van der Waals surface area contributed by atoms with Crippen LogP contribution >= 0.6 is 0 Å². The van der Waals surface area contributed by atoms with Gasteiger partial charge in [0.05, 0.1) is 48.0 Å². The molecule has 2 aromatic carbocycles. The fourth-order valence-electron chi connectivity index (χ4n) is 6.74. The van der Waals surface area contributed by atoms with E-state index in [4.69, 9.17) is 18.9 Å². The van der Waals surface area contributed by atoms with Gasteiger partial charge in [0, 0.05) is 12.3 Å². The maximum Gasteiger partial charge on any atom is 0.412 e. The molecule has 2 aliphatic carbocycles. The van der Waals surface area contributed by atoms with Crippen LogP contribution in [0.15, 0.2) is 54.0 Å². The fraction of sp³-hybridized carbons (Fsp3) is 0.512. The molecule has 66 heavy (non-hydrogen) atoms. The molecule has 5 atom stereocenters. The van der Waals surface area contributed by atoms with Gasteiger partial charge in [0.1, 0.15) is 46.5 Å². The number of anilines is 1. The minimum Gasteiger partial charge on any atom is -0.496 e. The second kappa shape index (κ2) is 20.4. The average molecular weight is 945 g/mol. The summed E-state index contributed by atoms with van der Waals surface area (Å²) in [5.41, 5.74) is -4.50. The Kier molecular flexibility index (Phi) is 15.9. The molecular formula is C41H52N8O16S. The number of rotatable bonds is 15. The van der Waals surface area contributed by atoms with Crippen molar-refractivity contribution < 1.29 is 66.0 Å². The topological polar surface area (TPSA) is 323 Å². The van der Waals surface area contributed by atoms with Gasteiger partial charge >= 0.3 is 12.2 Å². The monoisotopic (exact) mass is 944 g/mol. The number of nitro groups is 2. The molecule has 0 bridgehead atoms. The van der Waals surface area contributed by atoms with Gasteiger partial charge in [-0.25, -0.2) is 22.8 Å². The van der Waals surface area contributed by atoms with E-state index in [-0.39, 0.29) is 42.2 Å². The van der Waals surface area contributed by atoms with Gasteiger partial charge in [-0.3, -0.25) is 44.7 Å². The predicted molar refractivity (Wildman–Crippen MR) is 233 cm³/mol. The molecule has 2 aromatic rings. The Hall–Kier alpha value is -7.14. The van der Waals surface area contributed by atoms with Crippen LogP contribution < -0.4 is 30.1 Å². The van der Waals surface area contributed by atoms with E-state index in [9.17, 15) is 57.4 Å². The van der Waals surface area contributed by atoms with Gasteiger partial charge in [-0.15, -0.1) is 6.58 Å². The van der Waals surface area contributed by atoms with Crippen LogP contribution in [0.25, 0.3) is 0 Å². The number of nitrogens with one attached hydrogen (secondary N) is 4. The summed E-state index contributed by atoms with van der Waals surface area (Å²) >= 11 is 0. The molecule has 358 valence electrons.